The molecule has 0 aliphatic heterocycles. The Labute approximate surface area is 166 Å². The largest absolute Gasteiger partial charge is 0.457 e. The Kier molecular flexibility index (Phi) is 6.60. The van der Waals surface area contributed by atoms with Gasteiger partial charge >= 0.3 is 0 Å². The highest BCUT2D eigenvalue weighted by Crippen LogP contribution is 2.21. The van der Waals surface area contributed by atoms with Gasteiger partial charge in [-0.3, -0.25) is 4.79 Å². The SMILES string of the molecule is O=C(CNc1ccc(Br)cc1)N/N=C/c1cccc(Oc2ccccc2)c1. The summed E-state index contributed by atoms with van der Waals surface area (Å²) in [6.45, 7) is 0.135. The zero-order chi connectivity index (χ0) is 18.9. The van der Waals surface area contributed by atoms with Crippen LogP contribution in [0.3, 0.4) is 0 Å². The van der Waals surface area contributed by atoms with Gasteiger partial charge in [0.15, 0.2) is 0 Å². The van der Waals surface area contributed by atoms with E-state index >= 15 is 0 Å². The lowest BCUT2D eigenvalue weighted by atomic mass is 10.2. The number of hydrogen-bond acceptors (Lipinski definition) is 4. The number of nitrogens with one attached hydrogen (secondary N) is 2. The van der Waals surface area contributed by atoms with Gasteiger partial charge < -0.3 is 10.1 Å². The first kappa shape index (κ1) is 18.7. The summed E-state index contributed by atoms with van der Waals surface area (Å²) >= 11 is 3.37. The van der Waals surface area contributed by atoms with Crippen molar-refractivity contribution in [3.63, 3.8) is 0 Å². The van der Waals surface area contributed by atoms with Crippen LogP contribution in [0.25, 0.3) is 0 Å². The molecule has 0 aliphatic carbocycles. The minimum Gasteiger partial charge on any atom is -0.457 e. The number of amides is 1. The van der Waals surface area contributed by atoms with Gasteiger partial charge in [-0.05, 0) is 54.1 Å². The van der Waals surface area contributed by atoms with Crippen LogP contribution in [0, 0.1) is 0 Å². The topological polar surface area (TPSA) is 62.7 Å². The Bertz CT molecular complexity index is 912. The third kappa shape index (κ3) is 6.27. The molecule has 0 saturated carbocycles. The van der Waals surface area contributed by atoms with Crippen molar-refractivity contribution in [3.8, 4) is 11.5 Å². The molecule has 136 valence electrons. The number of nitrogens with zero attached hydrogens (tertiary/aromatic N) is 1. The Morgan fingerprint density at radius 2 is 1.70 bits per heavy atom. The van der Waals surface area contributed by atoms with E-state index in [-0.39, 0.29) is 12.5 Å². The van der Waals surface area contributed by atoms with Crippen LogP contribution in [0.1, 0.15) is 5.56 Å². The van der Waals surface area contributed by atoms with Crippen molar-refractivity contribution in [1.82, 2.24) is 5.43 Å². The quantitative estimate of drug-likeness (QED) is 0.423. The fourth-order valence-corrected chi connectivity index (χ4v) is 2.52. The average Bonchev–Trinajstić information content (AvgIpc) is 2.69. The van der Waals surface area contributed by atoms with Gasteiger partial charge in [0, 0.05) is 10.2 Å². The zero-order valence-corrected chi connectivity index (χ0v) is 16.0. The molecule has 27 heavy (non-hydrogen) atoms. The Morgan fingerprint density at radius 1 is 0.963 bits per heavy atom. The molecule has 6 heteroatoms. The first-order valence-electron chi connectivity index (χ1n) is 8.33. The molecule has 3 aromatic rings. The highest BCUT2D eigenvalue weighted by atomic mass is 79.9. The number of ether oxygens (including phenoxy) is 1. The number of halogens is 1. The van der Waals surface area contributed by atoms with Gasteiger partial charge in [-0.1, -0.05) is 46.3 Å². The van der Waals surface area contributed by atoms with Crippen LogP contribution in [-0.4, -0.2) is 18.7 Å². The molecule has 0 aliphatic rings. The van der Waals surface area contributed by atoms with Crippen LogP contribution >= 0.6 is 15.9 Å². The van der Waals surface area contributed by atoms with E-state index in [0.29, 0.717) is 5.75 Å². The maximum absolute atomic E-state index is 11.9. The molecule has 3 aromatic carbocycles. The van der Waals surface area contributed by atoms with E-state index in [4.69, 9.17) is 4.74 Å². The van der Waals surface area contributed by atoms with Gasteiger partial charge in [0.1, 0.15) is 11.5 Å². The van der Waals surface area contributed by atoms with Gasteiger partial charge in [-0.25, -0.2) is 5.43 Å². The van der Waals surface area contributed by atoms with E-state index in [1.54, 1.807) is 6.21 Å². The second kappa shape index (κ2) is 9.54. The van der Waals surface area contributed by atoms with Crippen molar-refractivity contribution >= 4 is 33.7 Å². The van der Waals surface area contributed by atoms with Crippen molar-refractivity contribution in [3.05, 3.63) is 88.9 Å². The smallest absolute Gasteiger partial charge is 0.259 e. The summed E-state index contributed by atoms with van der Waals surface area (Å²) in [4.78, 5) is 11.9. The van der Waals surface area contributed by atoms with Crippen LogP contribution in [0.2, 0.25) is 0 Å². The van der Waals surface area contributed by atoms with E-state index in [2.05, 4.69) is 31.8 Å². The fourth-order valence-electron chi connectivity index (χ4n) is 2.25. The lowest BCUT2D eigenvalue weighted by molar-refractivity contribution is -0.119. The number of anilines is 1. The number of para-hydroxylation sites is 1. The van der Waals surface area contributed by atoms with E-state index in [9.17, 15) is 4.79 Å². The maximum atomic E-state index is 11.9. The van der Waals surface area contributed by atoms with Crippen molar-refractivity contribution in [2.75, 3.05) is 11.9 Å². The summed E-state index contributed by atoms with van der Waals surface area (Å²) in [5.74, 6) is 1.23. The number of benzene rings is 3. The third-order valence-corrected chi connectivity index (χ3v) is 4.07. The summed E-state index contributed by atoms with van der Waals surface area (Å²) < 4.78 is 6.77. The maximum Gasteiger partial charge on any atom is 0.259 e. The number of rotatable bonds is 7. The Morgan fingerprint density at radius 3 is 2.48 bits per heavy atom. The number of hydrogen-bond donors (Lipinski definition) is 2. The third-order valence-electron chi connectivity index (χ3n) is 3.54. The molecular formula is C21H18BrN3O2. The van der Waals surface area contributed by atoms with Gasteiger partial charge in [0.25, 0.3) is 5.91 Å². The van der Waals surface area contributed by atoms with Crippen LogP contribution in [0.15, 0.2) is 88.4 Å². The molecule has 3 rings (SSSR count). The molecule has 0 unspecified atom stereocenters. The summed E-state index contributed by atoms with van der Waals surface area (Å²) in [7, 11) is 0. The van der Waals surface area contributed by atoms with E-state index in [1.165, 1.54) is 0 Å². The summed E-state index contributed by atoms with van der Waals surface area (Å²) in [6.07, 6.45) is 1.58. The monoisotopic (exact) mass is 423 g/mol. The summed E-state index contributed by atoms with van der Waals surface area (Å²) in [5.41, 5.74) is 4.19. The molecule has 2 N–H and O–H groups in total. The second-order valence-corrected chi connectivity index (χ2v) is 6.56. The normalized spacial score (nSPS) is 10.6. The fraction of sp³-hybridized carbons (Fsp3) is 0.0476. The molecule has 1 amide bonds. The Hall–Kier alpha value is -3.12. The molecule has 0 fully saturated rings. The predicted molar refractivity (Wildman–Crippen MR) is 111 cm³/mol. The van der Waals surface area contributed by atoms with Crippen LogP contribution < -0.4 is 15.5 Å². The second-order valence-electron chi connectivity index (χ2n) is 5.64. The first-order valence-corrected chi connectivity index (χ1v) is 9.13. The molecular weight excluding hydrogens is 406 g/mol. The zero-order valence-electron chi connectivity index (χ0n) is 14.4. The van der Waals surface area contributed by atoms with Crippen molar-refractivity contribution in [1.29, 1.82) is 0 Å². The number of hydrazone groups is 1. The average molecular weight is 424 g/mol. The van der Waals surface area contributed by atoms with E-state index in [0.717, 1.165) is 21.5 Å². The van der Waals surface area contributed by atoms with Crippen LogP contribution in [0.5, 0.6) is 11.5 Å². The molecule has 0 radical (unpaired) electrons. The first-order chi connectivity index (χ1) is 13.2. The Balaban J connectivity index is 1.49. The highest BCUT2D eigenvalue weighted by Gasteiger charge is 2.00. The minimum atomic E-state index is -0.231. The molecule has 0 spiro atoms. The highest BCUT2D eigenvalue weighted by molar-refractivity contribution is 9.10. The van der Waals surface area contributed by atoms with Gasteiger partial charge in [0.2, 0.25) is 0 Å². The van der Waals surface area contributed by atoms with Crippen molar-refractivity contribution < 1.29 is 9.53 Å². The van der Waals surface area contributed by atoms with Crippen molar-refractivity contribution in [2.24, 2.45) is 5.10 Å². The lowest BCUT2D eigenvalue weighted by Crippen LogP contribution is -2.25. The van der Waals surface area contributed by atoms with Gasteiger partial charge in [-0.15, -0.1) is 0 Å². The molecule has 0 saturated heterocycles. The lowest BCUT2D eigenvalue weighted by Gasteiger charge is -2.06. The molecule has 0 aromatic heterocycles. The van der Waals surface area contributed by atoms with Crippen LogP contribution in [0.4, 0.5) is 5.69 Å². The van der Waals surface area contributed by atoms with Crippen molar-refractivity contribution in [2.45, 2.75) is 0 Å². The molecule has 5 nitrogen and oxygen atoms in total. The van der Waals surface area contributed by atoms with E-state index < -0.39 is 0 Å². The minimum absolute atomic E-state index is 0.135. The van der Waals surface area contributed by atoms with Gasteiger partial charge in [0.05, 0.1) is 12.8 Å². The summed E-state index contributed by atoms with van der Waals surface area (Å²) in [6, 6.07) is 24.6. The molecule has 0 heterocycles. The number of carbonyl (C=O) groups is 1. The van der Waals surface area contributed by atoms with Crippen LogP contribution in [-0.2, 0) is 4.79 Å². The molecule has 0 bridgehead atoms. The standard InChI is InChI=1S/C21H18BrN3O2/c22-17-9-11-18(12-10-17)23-15-21(26)25-24-14-16-5-4-8-20(13-16)27-19-6-2-1-3-7-19/h1-14,23H,15H2,(H,25,26)/b24-14+. The number of carbonyl (C=O) groups excluding carboxylic acids is 1. The summed E-state index contributed by atoms with van der Waals surface area (Å²) in [5, 5.41) is 7.02. The molecule has 0 atom stereocenters. The van der Waals surface area contributed by atoms with Gasteiger partial charge in [-0.2, -0.15) is 5.10 Å². The predicted octanol–water partition coefficient (Wildman–Crippen LogP) is 4.80. The van der Waals surface area contributed by atoms with E-state index in [1.807, 2.05) is 78.9 Å².